The van der Waals surface area contributed by atoms with E-state index >= 15 is 0 Å². The first-order valence-electron chi connectivity index (χ1n) is 11.7. The van der Waals surface area contributed by atoms with Crippen LogP contribution in [0.4, 0.5) is 0 Å². The topological polar surface area (TPSA) is 92.3 Å². The quantitative estimate of drug-likeness (QED) is 0.364. The van der Waals surface area contributed by atoms with Gasteiger partial charge in [-0.05, 0) is 69.2 Å². The van der Waals surface area contributed by atoms with Gasteiger partial charge in [-0.1, -0.05) is 62.1 Å². The van der Waals surface area contributed by atoms with Crippen LogP contribution >= 0.6 is 0 Å². The molecule has 0 spiro atoms. The van der Waals surface area contributed by atoms with Gasteiger partial charge in [-0.15, -0.1) is 0 Å². The van der Waals surface area contributed by atoms with Crippen molar-refractivity contribution in [2.75, 3.05) is 13.1 Å². The maximum atomic E-state index is 12.8. The maximum Gasteiger partial charge on any atom is 0.240 e. The normalized spacial score (nSPS) is 14.2. The van der Waals surface area contributed by atoms with Crippen LogP contribution in [0.1, 0.15) is 63.5 Å². The highest BCUT2D eigenvalue weighted by molar-refractivity contribution is 7.89. The molecule has 0 aliphatic carbocycles. The van der Waals surface area contributed by atoms with Crippen LogP contribution < -0.4 is 9.44 Å². The fourth-order valence-electron chi connectivity index (χ4n) is 3.85. The van der Waals surface area contributed by atoms with Crippen molar-refractivity contribution in [1.29, 1.82) is 0 Å². The minimum atomic E-state index is -3.60. The van der Waals surface area contributed by atoms with E-state index in [0.717, 1.165) is 43.2 Å². The number of sulfonamides is 2. The second-order valence-corrected chi connectivity index (χ2v) is 12.4. The van der Waals surface area contributed by atoms with Gasteiger partial charge in [0.15, 0.2) is 0 Å². The summed E-state index contributed by atoms with van der Waals surface area (Å²) in [5, 5.41) is 0. The molecule has 0 fully saturated rings. The zero-order valence-corrected chi connectivity index (χ0v) is 21.9. The molecule has 6 nitrogen and oxygen atoms in total. The van der Waals surface area contributed by atoms with Crippen LogP contribution in [-0.2, 0) is 20.0 Å². The summed E-state index contributed by atoms with van der Waals surface area (Å²) in [5.41, 5.74) is 1.79. The van der Waals surface area contributed by atoms with Crippen LogP contribution in [-0.4, -0.2) is 29.9 Å². The van der Waals surface area contributed by atoms with Crippen molar-refractivity contribution in [2.24, 2.45) is 5.41 Å². The third-order valence-corrected chi connectivity index (χ3v) is 9.18. The van der Waals surface area contributed by atoms with Gasteiger partial charge in [0.2, 0.25) is 20.0 Å². The number of benzene rings is 2. The maximum absolute atomic E-state index is 12.8. The molecule has 33 heavy (non-hydrogen) atoms. The van der Waals surface area contributed by atoms with Gasteiger partial charge in [0.1, 0.15) is 0 Å². The minimum Gasteiger partial charge on any atom is -0.211 e. The van der Waals surface area contributed by atoms with Gasteiger partial charge in [-0.25, -0.2) is 26.3 Å². The smallest absolute Gasteiger partial charge is 0.211 e. The average molecular weight is 495 g/mol. The van der Waals surface area contributed by atoms with Gasteiger partial charge >= 0.3 is 0 Å². The fourth-order valence-corrected chi connectivity index (χ4v) is 6.08. The summed E-state index contributed by atoms with van der Waals surface area (Å²) >= 11 is 0. The third kappa shape index (κ3) is 8.21. The summed E-state index contributed by atoms with van der Waals surface area (Å²) < 4.78 is 56.2. The monoisotopic (exact) mass is 494 g/mol. The highest BCUT2D eigenvalue weighted by atomic mass is 32.2. The van der Waals surface area contributed by atoms with Crippen molar-refractivity contribution < 1.29 is 16.8 Å². The minimum absolute atomic E-state index is 0.219. The van der Waals surface area contributed by atoms with Crippen LogP contribution in [0, 0.1) is 19.3 Å². The van der Waals surface area contributed by atoms with E-state index in [4.69, 9.17) is 0 Å². The number of hydrogen-bond donors (Lipinski definition) is 2. The largest absolute Gasteiger partial charge is 0.240 e. The molecule has 0 radical (unpaired) electrons. The number of nitrogens with one attached hydrogen (secondary N) is 2. The first-order chi connectivity index (χ1) is 15.5. The molecule has 0 saturated heterocycles. The van der Waals surface area contributed by atoms with Crippen LogP contribution in [0.2, 0.25) is 0 Å². The van der Waals surface area contributed by atoms with Gasteiger partial charge in [-0.2, -0.15) is 0 Å². The van der Waals surface area contributed by atoms with Crippen LogP contribution in [0.15, 0.2) is 58.3 Å². The second kappa shape index (κ2) is 12.1. The molecular weight excluding hydrogens is 456 g/mol. The van der Waals surface area contributed by atoms with Crippen LogP contribution in [0.25, 0.3) is 0 Å². The predicted molar refractivity (Wildman–Crippen MR) is 134 cm³/mol. The lowest BCUT2D eigenvalue weighted by molar-refractivity contribution is 0.219. The Morgan fingerprint density at radius 1 is 0.697 bits per heavy atom. The first-order valence-corrected chi connectivity index (χ1v) is 14.6. The van der Waals surface area contributed by atoms with Crippen molar-refractivity contribution in [2.45, 2.75) is 76.0 Å². The van der Waals surface area contributed by atoms with Gasteiger partial charge in [0.25, 0.3) is 0 Å². The summed E-state index contributed by atoms with van der Waals surface area (Å²) in [6.45, 7) is 8.68. The Labute approximate surface area is 200 Å². The standard InChI is InChI=1S/C25H38N2O4S2/c1-5-7-17-25(6-2,20-27-33(30,31)24-15-11-22(4)12-16-24)18-8-19-26-32(28,29)23-13-9-21(3)10-14-23/h9-16,26-27H,5-8,17-20H2,1-4H3. The first kappa shape index (κ1) is 27.5. The Morgan fingerprint density at radius 3 is 1.61 bits per heavy atom. The van der Waals surface area contributed by atoms with E-state index in [-0.39, 0.29) is 15.2 Å². The summed E-state index contributed by atoms with van der Waals surface area (Å²) in [7, 11) is -7.16. The summed E-state index contributed by atoms with van der Waals surface area (Å²) in [5.74, 6) is 0. The number of aryl methyl sites for hydroxylation is 2. The summed E-state index contributed by atoms with van der Waals surface area (Å²) in [6.07, 6.45) is 5.09. The van der Waals surface area contributed by atoms with Crippen molar-refractivity contribution in [3.8, 4) is 0 Å². The van der Waals surface area contributed by atoms with E-state index in [2.05, 4.69) is 23.3 Å². The Balaban J connectivity index is 2.02. The van der Waals surface area contributed by atoms with Gasteiger partial charge in [-0.3, -0.25) is 0 Å². The molecule has 8 heteroatoms. The molecule has 1 unspecified atom stereocenters. The van der Waals surface area contributed by atoms with E-state index in [1.54, 1.807) is 48.5 Å². The molecule has 184 valence electrons. The molecule has 0 amide bonds. The molecule has 2 rings (SSSR count). The van der Waals surface area contributed by atoms with Gasteiger partial charge in [0, 0.05) is 13.1 Å². The van der Waals surface area contributed by atoms with Crippen molar-refractivity contribution in [1.82, 2.24) is 9.44 Å². The molecule has 2 aromatic carbocycles. The lowest BCUT2D eigenvalue weighted by Crippen LogP contribution is -2.38. The Morgan fingerprint density at radius 2 is 1.15 bits per heavy atom. The fraction of sp³-hybridized carbons (Fsp3) is 0.520. The van der Waals surface area contributed by atoms with Crippen molar-refractivity contribution in [3.05, 3.63) is 59.7 Å². The number of unbranched alkanes of at least 4 members (excludes halogenated alkanes) is 1. The average Bonchev–Trinajstić information content (AvgIpc) is 2.79. The Bertz CT molecular complexity index is 1080. The lowest BCUT2D eigenvalue weighted by atomic mass is 9.76. The molecule has 0 aliphatic heterocycles. The molecular formula is C25H38N2O4S2. The Kier molecular flexibility index (Phi) is 10.1. The summed E-state index contributed by atoms with van der Waals surface area (Å²) in [4.78, 5) is 0.520. The van der Waals surface area contributed by atoms with E-state index in [1.807, 2.05) is 13.8 Å². The molecule has 2 N–H and O–H groups in total. The molecule has 0 aromatic heterocycles. The van der Waals surface area contributed by atoms with E-state index in [9.17, 15) is 16.8 Å². The number of hydrogen-bond acceptors (Lipinski definition) is 4. The number of rotatable bonds is 14. The third-order valence-electron chi connectivity index (χ3n) is 6.29. The zero-order chi connectivity index (χ0) is 24.5. The Hall–Kier alpha value is -1.74. The van der Waals surface area contributed by atoms with Crippen molar-refractivity contribution in [3.63, 3.8) is 0 Å². The van der Waals surface area contributed by atoms with E-state index in [1.165, 1.54) is 0 Å². The van der Waals surface area contributed by atoms with E-state index in [0.29, 0.717) is 19.5 Å². The molecule has 2 aromatic rings. The second-order valence-electron chi connectivity index (χ2n) is 8.91. The van der Waals surface area contributed by atoms with Gasteiger partial charge < -0.3 is 0 Å². The molecule has 0 heterocycles. The van der Waals surface area contributed by atoms with Crippen LogP contribution in [0.3, 0.4) is 0 Å². The lowest BCUT2D eigenvalue weighted by Gasteiger charge is -2.33. The molecule has 0 bridgehead atoms. The summed E-state index contributed by atoms with van der Waals surface area (Å²) in [6, 6.07) is 13.6. The molecule has 0 aliphatic rings. The molecule has 1 atom stereocenters. The zero-order valence-electron chi connectivity index (χ0n) is 20.2. The molecule has 0 saturated carbocycles. The van der Waals surface area contributed by atoms with Gasteiger partial charge in [0.05, 0.1) is 9.79 Å². The highest BCUT2D eigenvalue weighted by Crippen LogP contribution is 2.34. The van der Waals surface area contributed by atoms with Crippen molar-refractivity contribution >= 4 is 20.0 Å². The SMILES string of the molecule is CCCCC(CC)(CCCNS(=O)(=O)c1ccc(C)cc1)CNS(=O)(=O)c1ccc(C)cc1. The van der Waals surface area contributed by atoms with Crippen LogP contribution in [0.5, 0.6) is 0 Å². The highest BCUT2D eigenvalue weighted by Gasteiger charge is 2.29. The predicted octanol–water partition coefficient (Wildman–Crippen LogP) is 4.93. The van der Waals surface area contributed by atoms with E-state index < -0.39 is 20.0 Å².